The topological polar surface area (TPSA) is 86.9 Å². The van der Waals surface area contributed by atoms with Gasteiger partial charge in [0.1, 0.15) is 13.1 Å². The van der Waals surface area contributed by atoms with Gasteiger partial charge in [-0.25, -0.2) is 4.79 Å². The number of nitrogens with two attached hydrogens (primary N) is 1. The molecule has 1 rings (SSSR count). The molecule has 1 heterocycles. The number of halogens is 3. The molecule has 0 spiro atoms. The van der Waals surface area contributed by atoms with E-state index < -0.39 is 31.3 Å². The fraction of sp³-hybridized carbons (Fsp3) is 0.800. The Morgan fingerprint density at radius 3 is 2.53 bits per heavy atom. The van der Waals surface area contributed by atoms with Crippen LogP contribution in [0.4, 0.5) is 18.0 Å². The van der Waals surface area contributed by atoms with E-state index in [1.165, 1.54) is 4.90 Å². The number of carboxylic acid groups (broad SMARTS) is 1. The summed E-state index contributed by atoms with van der Waals surface area (Å²) in [5.74, 6) is -1.49. The van der Waals surface area contributed by atoms with Crippen LogP contribution in [-0.4, -0.2) is 65.3 Å². The molecule has 6 nitrogen and oxygen atoms in total. The number of carboxylic acids is 1. The Bertz CT molecular complexity index is 349. The van der Waals surface area contributed by atoms with Crippen LogP contribution in [0.1, 0.15) is 12.8 Å². The number of carbonyl (C=O) groups is 2. The van der Waals surface area contributed by atoms with Gasteiger partial charge in [-0.3, -0.25) is 4.79 Å². The molecule has 1 fully saturated rings. The molecule has 0 aromatic heterocycles. The number of hydrogen-bond donors (Lipinski definition) is 2. The van der Waals surface area contributed by atoms with Gasteiger partial charge in [0.05, 0.1) is 0 Å². The summed E-state index contributed by atoms with van der Waals surface area (Å²) < 4.78 is 37.0. The highest BCUT2D eigenvalue weighted by atomic mass is 19.4. The minimum Gasteiger partial charge on any atom is -0.480 e. The number of hydrogen-bond acceptors (Lipinski definition) is 3. The lowest BCUT2D eigenvalue weighted by Gasteiger charge is -2.34. The molecule has 0 radical (unpaired) electrons. The molecule has 0 aromatic rings. The standard InChI is InChI=1S/C10H16F3N3O3/c11-10(12,13)6-16(5-8(17)18)9(19)15-3-1-2-7(14)4-15/h7H,1-6,14H2,(H,17,18). The van der Waals surface area contributed by atoms with E-state index in [0.29, 0.717) is 19.4 Å². The molecule has 1 aliphatic heterocycles. The SMILES string of the molecule is NC1CCCN(C(=O)N(CC(=O)O)CC(F)(F)F)C1. The van der Waals surface area contributed by atoms with E-state index >= 15 is 0 Å². The number of rotatable bonds is 3. The summed E-state index contributed by atoms with van der Waals surface area (Å²) in [4.78, 5) is 23.9. The molecular formula is C10H16F3N3O3. The molecule has 9 heteroatoms. The summed E-state index contributed by atoms with van der Waals surface area (Å²) in [6, 6.07) is -1.22. The fourth-order valence-corrected chi connectivity index (χ4v) is 1.95. The van der Waals surface area contributed by atoms with E-state index in [0.717, 1.165) is 0 Å². The zero-order chi connectivity index (χ0) is 14.6. The molecule has 1 atom stereocenters. The lowest BCUT2D eigenvalue weighted by molar-refractivity contribution is -0.149. The maximum Gasteiger partial charge on any atom is 0.406 e. The van der Waals surface area contributed by atoms with Crippen molar-refractivity contribution in [3.8, 4) is 0 Å². The molecule has 2 amide bonds. The second kappa shape index (κ2) is 6.09. The first-order valence-electron chi connectivity index (χ1n) is 5.77. The van der Waals surface area contributed by atoms with Gasteiger partial charge in [-0.1, -0.05) is 0 Å². The van der Waals surface area contributed by atoms with Gasteiger partial charge in [0.25, 0.3) is 0 Å². The number of aliphatic carboxylic acids is 1. The van der Waals surface area contributed by atoms with E-state index in [1.54, 1.807) is 0 Å². The normalized spacial score (nSPS) is 20.2. The van der Waals surface area contributed by atoms with E-state index in [9.17, 15) is 22.8 Å². The smallest absolute Gasteiger partial charge is 0.406 e. The summed E-state index contributed by atoms with van der Waals surface area (Å²) in [7, 11) is 0. The third-order valence-electron chi connectivity index (χ3n) is 2.70. The van der Waals surface area contributed by atoms with Gasteiger partial charge in [0.15, 0.2) is 0 Å². The third-order valence-corrected chi connectivity index (χ3v) is 2.70. The van der Waals surface area contributed by atoms with Crippen LogP contribution in [0.15, 0.2) is 0 Å². The Labute approximate surface area is 107 Å². The summed E-state index contributed by atoms with van der Waals surface area (Å²) in [5.41, 5.74) is 5.64. The van der Waals surface area contributed by atoms with Gasteiger partial charge in [0.2, 0.25) is 0 Å². The molecule has 1 unspecified atom stereocenters. The number of amides is 2. The van der Waals surface area contributed by atoms with Gasteiger partial charge in [-0.05, 0) is 12.8 Å². The Kier molecular flexibility index (Phi) is 4.98. The van der Waals surface area contributed by atoms with Crippen molar-refractivity contribution >= 4 is 12.0 Å². The lowest BCUT2D eigenvalue weighted by atomic mass is 10.1. The van der Waals surface area contributed by atoms with Crippen LogP contribution < -0.4 is 5.73 Å². The van der Waals surface area contributed by atoms with Crippen molar-refractivity contribution in [1.29, 1.82) is 0 Å². The van der Waals surface area contributed by atoms with Crippen molar-refractivity contribution in [1.82, 2.24) is 9.80 Å². The van der Waals surface area contributed by atoms with E-state index in [4.69, 9.17) is 10.8 Å². The van der Waals surface area contributed by atoms with Crippen LogP contribution in [0, 0.1) is 0 Å². The molecular weight excluding hydrogens is 267 g/mol. The quantitative estimate of drug-likeness (QED) is 0.788. The third kappa shape index (κ3) is 5.33. The average molecular weight is 283 g/mol. The zero-order valence-electron chi connectivity index (χ0n) is 10.2. The molecule has 0 aliphatic carbocycles. The van der Waals surface area contributed by atoms with Crippen molar-refractivity contribution in [2.24, 2.45) is 5.73 Å². The summed E-state index contributed by atoms with van der Waals surface area (Å²) >= 11 is 0. The first-order chi connectivity index (χ1) is 8.69. The monoisotopic (exact) mass is 283 g/mol. The van der Waals surface area contributed by atoms with Gasteiger partial charge >= 0.3 is 18.2 Å². The van der Waals surface area contributed by atoms with Crippen LogP contribution in [0.3, 0.4) is 0 Å². The molecule has 1 aliphatic rings. The predicted molar refractivity (Wildman–Crippen MR) is 59.4 cm³/mol. The molecule has 0 aromatic carbocycles. The highest BCUT2D eigenvalue weighted by Crippen LogP contribution is 2.18. The summed E-state index contributed by atoms with van der Waals surface area (Å²) in [5, 5.41) is 8.58. The predicted octanol–water partition coefficient (Wildman–Crippen LogP) is 0.478. The van der Waals surface area contributed by atoms with E-state index in [-0.39, 0.29) is 17.5 Å². The summed E-state index contributed by atoms with van der Waals surface area (Å²) in [6.45, 7) is -2.12. The van der Waals surface area contributed by atoms with Gasteiger partial charge in [-0.15, -0.1) is 0 Å². The molecule has 19 heavy (non-hydrogen) atoms. The van der Waals surface area contributed by atoms with Crippen LogP contribution >= 0.6 is 0 Å². The first kappa shape index (κ1) is 15.5. The molecule has 0 bridgehead atoms. The van der Waals surface area contributed by atoms with Crippen LogP contribution in [-0.2, 0) is 4.79 Å². The first-order valence-corrected chi connectivity index (χ1v) is 5.77. The number of alkyl halides is 3. The van der Waals surface area contributed by atoms with Gasteiger partial charge in [0, 0.05) is 19.1 Å². The molecule has 0 saturated carbocycles. The molecule has 1 saturated heterocycles. The van der Waals surface area contributed by atoms with Crippen molar-refractivity contribution in [2.45, 2.75) is 25.1 Å². The zero-order valence-corrected chi connectivity index (χ0v) is 10.2. The number of likely N-dealkylation sites (tertiary alicyclic amines) is 1. The number of nitrogens with zero attached hydrogens (tertiary/aromatic N) is 2. The van der Waals surface area contributed by atoms with Crippen LogP contribution in [0.5, 0.6) is 0 Å². The second-order valence-corrected chi connectivity index (χ2v) is 4.50. The van der Waals surface area contributed by atoms with Crippen LogP contribution in [0.25, 0.3) is 0 Å². The average Bonchev–Trinajstić information content (AvgIpc) is 2.24. The maximum atomic E-state index is 12.3. The van der Waals surface area contributed by atoms with E-state index in [2.05, 4.69) is 0 Å². The van der Waals surface area contributed by atoms with Crippen molar-refractivity contribution < 1.29 is 27.9 Å². The van der Waals surface area contributed by atoms with Gasteiger partial charge in [-0.2, -0.15) is 13.2 Å². The Balaban J connectivity index is 2.72. The van der Waals surface area contributed by atoms with Crippen molar-refractivity contribution in [3.63, 3.8) is 0 Å². The Morgan fingerprint density at radius 1 is 1.42 bits per heavy atom. The van der Waals surface area contributed by atoms with Gasteiger partial charge < -0.3 is 20.6 Å². The molecule has 110 valence electrons. The fourth-order valence-electron chi connectivity index (χ4n) is 1.95. The lowest BCUT2D eigenvalue weighted by Crippen LogP contribution is -2.53. The highest BCUT2D eigenvalue weighted by molar-refractivity contribution is 5.80. The Hall–Kier alpha value is -1.51. The second-order valence-electron chi connectivity index (χ2n) is 4.50. The Morgan fingerprint density at radius 2 is 2.05 bits per heavy atom. The van der Waals surface area contributed by atoms with Crippen LogP contribution in [0.2, 0.25) is 0 Å². The largest absolute Gasteiger partial charge is 0.480 e. The number of piperidine rings is 1. The number of urea groups is 1. The molecule has 3 N–H and O–H groups in total. The van der Waals surface area contributed by atoms with E-state index in [1.807, 2.05) is 0 Å². The highest BCUT2D eigenvalue weighted by Gasteiger charge is 2.36. The summed E-state index contributed by atoms with van der Waals surface area (Å²) in [6.07, 6.45) is -3.34. The van der Waals surface area contributed by atoms with Crippen molar-refractivity contribution in [3.05, 3.63) is 0 Å². The minimum absolute atomic E-state index is 0.146. The van der Waals surface area contributed by atoms with Crippen molar-refractivity contribution in [2.75, 3.05) is 26.2 Å². The minimum atomic E-state index is -4.64. The maximum absolute atomic E-state index is 12.3. The number of carbonyl (C=O) groups excluding carboxylic acids is 1.